The molecule has 0 bridgehead atoms. The SMILES string of the molecule is CCCCOc1cc(S(C)(=O)=O)cc(S(=O)(=O)c2ccc(C#N)s2)c1. The van der Waals surface area contributed by atoms with E-state index in [1.165, 1.54) is 24.3 Å². The number of thiophene rings is 1. The van der Waals surface area contributed by atoms with Crippen LogP contribution in [0.2, 0.25) is 0 Å². The van der Waals surface area contributed by atoms with E-state index in [0.717, 1.165) is 36.5 Å². The van der Waals surface area contributed by atoms with Gasteiger partial charge in [-0.3, -0.25) is 0 Å². The fraction of sp³-hybridized carbons (Fsp3) is 0.312. The van der Waals surface area contributed by atoms with Crippen LogP contribution in [0.1, 0.15) is 24.6 Å². The summed E-state index contributed by atoms with van der Waals surface area (Å²) in [4.78, 5) is -0.0392. The van der Waals surface area contributed by atoms with Crippen LogP contribution in [0.3, 0.4) is 0 Å². The van der Waals surface area contributed by atoms with Gasteiger partial charge in [-0.05, 0) is 36.8 Å². The van der Waals surface area contributed by atoms with Gasteiger partial charge in [-0.15, -0.1) is 11.3 Å². The van der Waals surface area contributed by atoms with Crippen molar-refractivity contribution in [3.05, 3.63) is 35.2 Å². The van der Waals surface area contributed by atoms with Crippen molar-refractivity contribution in [1.82, 2.24) is 0 Å². The van der Waals surface area contributed by atoms with Crippen molar-refractivity contribution in [2.75, 3.05) is 12.9 Å². The number of ether oxygens (including phenoxy) is 1. The average molecular weight is 400 g/mol. The predicted molar refractivity (Wildman–Crippen MR) is 94.4 cm³/mol. The maximum atomic E-state index is 12.8. The maximum Gasteiger partial charge on any atom is 0.216 e. The molecule has 1 heterocycles. The van der Waals surface area contributed by atoms with Crippen LogP contribution in [0.15, 0.2) is 44.3 Å². The molecule has 0 aliphatic carbocycles. The van der Waals surface area contributed by atoms with E-state index in [9.17, 15) is 16.8 Å². The molecule has 0 fully saturated rings. The minimum atomic E-state index is -3.94. The predicted octanol–water partition coefficient (Wildman–Crippen LogP) is 3.03. The average Bonchev–Trinajstić information content (AvgIpc) is 3.04. The lowest BCUT2D eigenvalue weighted by Gasteiger charge is -2.10. The first kappa shape index (κ1) is 19.4. The smallest absolute Gasteiger partial charge is 0.216 e. The van der Waals surface area contributed by atoms with E-state index in [2.05, 4.69) is 0 Å². The molecule has 0 amide bonds. The molecule has 0 saturated carbocycles. The zero-order valence-corrected chi connectivity index (χ0v) is 16.2. The van der Waals surface area contributed by atoms with E-state index >= 15 is 0 Å². The molecular weight excluding hydrogens is 382 g/mol. The lowest BCUT2D eigenvalue weighted by atomic mass is 10.3. The largest absolute Gasteiger partial charge is 0.494 e. The maximum absolute atomic E-state index is 12.8. The van der Waals surface area contributed by atoms with Gasteiger partial charge < -0.3 is 4.74 Å². The van der Waals surface area contributed by atoms with Crippen LogP contribution in [0, 0.1) is 11.3 Å². The van der Waals surface area contributed by atoms with Crippen LogP contribution in [-0.2, 0) is 19.7 Å². The molecule has 0 atom stereocenters. The summed E-state index contributed by atoms with van der Waals surface area (Å²) in [5.41, 5.74) is 0. The standard InChI is InChI=1S/C16H17NO5S3/c1-3-4-7-22-12-8-14(24(2,18)19)10-15(9-12)25(20,21)16-6-5-13(11-17)23-16/h5-6,8-10H,3-4,7H2,1-2H3. The third kappa shape index (κ3) is 4.60. The van der Waals surface area contributed by atoms with Crippen molar-refractivity contribution in [3.8, 4) is 11.8 Å². The molecule has 0 spiro atoms. The van der Waals surface area contributed by atoms with E-state index in [1.807, 2.05) is 13.0 Å². The van der Waals surface area contributed by atoms with Crippen LogP contribution < -0.4 is 4.74 Å². The first-order valence-electron chi connectivity index (χ1n) is 7.41. The first-order chi connectivity index (χ1) is 11.7. The summed E-state index contributed by atoms with van der Waals surface area (Å²) in [6.07, 6.45) is 2.66. The lowest BCUT2D eigenvalue weighted by Crippen LogP contribution is -2.06. The Kier molecular flexibility index (Phi) is 5.87. The minimum Gasteiger partial charge on any atom is -0.494 e. The number of sulfone groups is 2. The molecule has 9 heteroatoms. The van der Waals surface area contributed by atoms with Gasteiger partial charge in [0.1, 0.15) is 20.9 Å². The Morgan fingerprint density at radius 1 is 1.12 bits per heavy atom. The van der Waals surface area contributed by atoms with Gasteiger partial charge in [0.2, 0.25) is 9.84 Å². The van der Waals surface area contributed by atoms with Crippen molar-refractivity contribution in [3.63, 3.8) is 0 Å². The monoisotopic (exact) mass is 399 g/mol. The minimum absolute atomic E-state index is 0.0193. The van der Waals surface area contributed by atoms with Crippen molar-refractivity contribution in [1.29, 1.82) is 5.26 Å². The molecule has 25 heavy (non-hydrogen) atoms. The topological polar surface area (TPSA) is 101 Å². The lowest BCUT2D eigenvalue weighted by molar-refractivity contribution is 0.307. The molecule has 0 N–H and O–H groups in total. The van der Waals surface area contributed by atoms with Crippen LogP contribution in [0.4, 0.5) is 0 Å². The van der Waals surface area contributed by atoms with Gasteiger partial charge in [-0.2, -0.15) is 5.26 Å². The van der Waals surface area contributed by atoms with Crippen LogP contribution in [0.5, 0.6) is 5.75 Å². The fourth-order valence-corrected chi connectivity index (χ4v) is 5.28. The molecule has 6 nitrogen and oxygen atoms in total. The molecule has 0 aliphatic rings. The number of benzene rings is 1. The molecule has 2 rings (SSSR count). The van der Waals surface area contributed by atoms with Gasteiger partial charge in [0, 0.05) is 6.26 Å². The molecule has 1 aromatic carbocycles. The van der Waals surface area contributed by atoms with Crippen molar-refractivity contribution >= 4 is 31.0 Å². The number of unbranched alkanes of at least 4 members (excludes halogenated alkanes) is 1. The second-order valence-corrected chi connectivity index (χ2v) is 10.6. The van der Waals surface area contributed by atoms with Crippen LogP contribution in [-0.4, -0.2) is 29.7 Å². The summed E-state index contributed by atoms with van der Waals surface area (Å²) in [6, 6.07) is 8.38. The normalized spacial score (nSPS) is 11.9. The molecule has 1 aromatic heterocycles. The van der Waals surface area contributed by atoms with E-state index in [4.69, 9.17) is 10.00 Å². The van der Waals surface area contributed by atoms with E-state index in [0.29, 0.717) is 6.61 Å². The molecule has 0 radical (unpaired) electrons. The van der Waals surface area contributed by atoms with Gasteiger partial charge in [0.15, 0.2) is 9.84 Å². The van der Waals surface area contributed by atoms with Gasteiger partial charge in [-0.1, -0.05) is 13.3 Å². The molecule has 134 valence electrons. The Bertz CT molecular complexity index is 1010. The second-order valence-electron chi connectivity index (χ2n) is 5.35. The first-order valence-corrected chi connectivity index (χ1v) is 11.6. The highest BCUT2D eigenvalue weighted by atomic mass is 32.2. The van der Waals surface area contributed by atoms with Crippen LogP contribution >= 0.6 is 11.3 Å². The Labute approximate surface area is 151 Å². The highest BCUT2D eigenvalue weighted by molar-refractivity contribution is 7.93. The summed E-state index contributed by atoms with van der Waals surface area (Å²) < 4.78 is 54.8. The third-order valence-electron chi connectivity index (χ3n) is 3.32. The zero-order valence-electron chi connectivity index (χ0n) is 13.7. The zero-order chi connectivity index (χ0) is 18.7. The number of hydrogen-bond donors (Lipinski definition) is 0. The van der Waals surface area contributed by atoms with Gasteiger partial charge in [0.25, 0.3) is 0 Å². The summed E-state index contributed by atoms with van der Waals surface area (Å²) in [7, 11) is -7.55. The highest BCUT2D eigenvalue weighted by Gasteiger charge is 2.23. The van der Waals surface area contributed by atoms with Crippen LogP contribution in [0.25, 0.3) is 0 Å². The van der Waals surface area contributed by atoms with Gasteiger partial charge in [-0.25, -0.2) is 16.8 Å². The quantitative estimate of drug-likeness (QED) is 0.663. The number of nitriles is 1. The summed E-state index contributed by atoms with van der Waals surface area (Å²) in [5.74, 6) is 0.187. The summed E-state index contributed by atoms with van der Waals surface area (Å²) in [5, 5.41) is 8.87. The summed E-state index contributed by atoms with van der Waals surface area (Å²) >= 11 is 0.836. The van der Waals surface area contributed by atoms with Gasteiger partial charge >= 0.3 is 0 Å². The Morgan fingerprint density at radius 3 is 2.36 bits per heavy atom. The third-order valence-corrected chi connectivity index (χ3v) is 7.62. The molecule has 0 saturated heterocycles. The molecular formula is C16H17NO5S3. The molecule has 0 unspecified atom stereocenters. The fourth-order valence-electron chi connectivity index (χ4n) is 1.97. The number of hydrogen-bond acceptors (Lipinski definition) is 7. The van der Waals surface area contributed by atoms with Crippen molar-refractivity contribution in [2.24, 2.45) is 0 Å². The Hall–Kier alpha value is -1.89. The number of rotatable bonds is 7. The van der Waals surface area contributed by atoms with E-state index < -0.39 is 19.7 Å². The highest BCUT2D eigenvalue weighted by Crippen LogP contribution is 2.31. The number of nitrogens with zero attached hydrogens (tertiary/aromatic N) is 1. The molecule has 2 aromatic rings. The van der Waals surface area contributed by atoms with E-state index in [1.54, 1.807) is 0 Å². The van der Waals surface area contributed by atoms with Crippen molar-refractivity contribution < 1.29 is 21.6 Å². The van der Waals surface area contributed by atoms with Gasteiger partial charge in [0.05, 0.1) is 16.4 Å². The Morgan fingerprint density at radius 2 is 1.80 bits per heavy atom. The summed E-state index contributed by atoms with van der Waals surface area (Å²) in [6.45, 7) is 2.34. The second kappa shape index (κ2) is 7.56. The van der Waals surface area contributed by atoms with Crippen molar-refractivity contribution in [2.45, 2.75) is 33.8 Å². The van der Waals surface area contributed by atoms with E-state index in [-0.39, 0.29) is 24.6 Å². The molecule has 0 aliphatic heterocycles. The Balaban J connectivity index is 2.55.